The second-order valence-corrected chi connectivity index (χ2v) is 17.9. The van der Waals surface area contributed by atoms with Crippen molar-refractivity contribution >= 4 is 11.6 Å². The van der Waals surface area contributed by atoms with Gasteiger partial charge < -0.3 is 0 Å². The molecule has 0 aliphatic heterocycles. The SMILES string of the molecule is CC(C)C(C)C(C)(CC(C)(C)C)C(=O)C(C)(C)c1cccc(C(C)(C)C(=O)C(C)(CC(C)(C)C)C(C)C(C)C)c1. The second kappa shape index (κ2) is 12.0. The number of ketones is 2. The minimum atomic E-state index is -0.682. The Morgan fingerprint density at radius 3 is 1.05 bits per heavy atom. The monoisotopic (exact) mass is 555 g/mol. The molecule has 1 aromatic carbocycles. The van der Waals surface area contributed by atoms with E-state index < -0.39 is 21.7 Å². The van der Waals surface area contributed by atoms with Gasteiger partial charge in [-0.1, -0.05) is 121 Å². The fraction of sp³-hybridized carbons (Fsp3) is 0.789. The summed E-state index contributed by atoms with van der Waals surface area (Å²) in [4.78, 5) is 29.2. The van der Waals surface area contributed by atoms with Gasteiger partial charge in [0.1, 0.15) is 11.6 Å². The molecule has 40 heavy (non-hydrogen) atoms. The number of hydrogen-bond acceptors (Lipinski definition) is 2. The van der Waals surface area contributed by atoms with Crippen LogP contribution in [0.2, 0.25) is 0 Å². The first-order valence-corrected chi connectivity index (χ1v) is 15.9. The van der Waals surface area contributed by atoms with Crippen LogP contribution in [0.3, 0.4) is 0 Å². The summed E-state index contributed by atoms with van der Waals surface area (Å²) in [5.74, 6) is 1.88. The molecule has 0 aliphatic rings. The van der Waals surface area contributed by atoms with Crippen molar-refractivity contribution in [2.75, 3.05) is 0 Å². The lowest BCUT2D eigenvalue weighted by Gasteiger charge is -2.46. The van der Waals surface area contributed by atoms with Crippen LogP contribution in [0, 0.1) is 45.3 Å². The van der Waals surface area contributed by atoms with Gasteiger partial charge in [-0.25, -0.2) is 0 Å². The van der Waals surface area contributed by atoms with Crippen LogP contribution in [-0.2, 0) is 20.4 Å². The summed E-state index contributed by atoms with van der Waals surface area (Å²) in [6.07, 6.45) is 1.67. The van der Waals surface area contributed by atoms with Gasteiger partial charge in [0.15, 0.2) is 0 Å². The van der Waals surface area contributed by atoms with Gasteiger partial charge in [-0.2, -0.15) is 0 Å². The predicted molar refractivity (Wildman–Crippen MR) is 175 cm³/mol. The van der Waals surface area contributed by atoms with Crippen LogP contribution >= 0.6 is 0 Å². The highest BCUT2D eigenvalue weighted by atomic mass is 16.1. The summed E-state index contributed by atoms with van der Waals surface area (Å²) in [7, 11) is 0. The molecule has 0 amide bonds. The maximum absolute atomic E-state index is 14.6. The first-order valence-electron chi connectivity index (χ1n) is 15.9. The van der Waals surface area contributed by atoms with Crippen LogP contribution in [0.5, 0.6) is 0 Å². The Hall–Kier alpha value is -1.44. The van der Waals surface area contributed by atoms with Gasteiger partial charge in [0, 0.05) is 21.7 Å². The van der Waals surface area contributed by atoms with Crippen LogP contribution in [-0.4, -0.2) is 11.6 Å². The zero-order chi connectivity index (χ0) is 31.9. The highest BCUT2D eigenvalue weighted by Crippen LogP contribution is 2.50. The molecule has 0 bridgehead atoms. The molecule has 0 heterocycles. The molecule has 0 saturated heterocycles. The van der Waals surface area contributed by atoms with Crippen LogP contribution < -0.4 is 0 Å². The lowest BCUT2D eigenvalue weighted by atomic mass is 9.56. The van der Waals surface area contributed by atoms with E-state index >= 15 is 0 Å². The van der Waals surface area contributed by atoms with Crippen molar-refractivity contribution in [1.29, 1.82) is 0 Å². The molecule has 230 valence electrons. The summed E-state index contributed by atoms with van der Waals surface area (Å²) in [6, 6.07) is 8.38. The Kier molecular flexibility index (Phi) is 11.0. The average Bonchev–Trinajstić information content (AvgIpc) is 2.79. The molecule has 0 saturated carbocycles. The molecule has 0 radical (unpaired) electrons. The molecule has 0 aromatic heterocycles. The predicted octanol–water partition coefficient (Wildman–Crippen LogP) is 10.8. The first-order chi connectivity index (χ1) is 17.6. The quantitative estimate of drug-likeness (QED) is 0.257. The fourth-order valence-corrected chi connectivity index (χ4v) is 7.56. The Balaban J connectivity index is 3.70. The van der Waals surface area contributed by atoms with Gasteiger partial charge in [-0.3, -0.25) is 9.59 Å². The van der Waals surface area contributed by atoms with Crippen molar-refractivity contribution in [1.82, 2.24) is 0 Å². The Labute approximate surface area is 249 Å². The van der Waals surface area contributed by atoms with Crippen molar-refractivity contribution in [3.05, 3.63) is 35.4 Å². The van der Waals surface area contributed by atoms with E-state index in [1.807, 2.05) is 0 Å². The van der Waals surface area contributed by atoms with Gasteiger partial charge in [0.2, 0.25) is 0 Å². The third-order valence-electron chi connectivity index (χ3n) is 10.3. The molecule has 2 nitrogen and oxygen atoms in total. The van der Waals surface area contributed by atoms with Gasteiger partial charge in [-0.15, -0.1) is 0 Å². The molecule has 0 fully saturated rings. The van der Waals surface area contributed by atoms with E-state index in [9.17, 15) is 9.59 Å². The molecule has 2 heteroatoms. The maximum atomic E-state index is 14.6. The van der Waals surface area contributed by atoms with Crippen LogP contribution in [0.25, 0.3) is 0 Å². The average molecular weight is 555 g/mol. The standard InChI is InChI=1S/C38H66O2/c1-25(2)27(5)37(17,23-33(7,8)9)31(39)35(13,14)29-20-19-21-30(22-29)36(15,16)32(40)38(18,24-34(10,11)12)28(6)26(3)4/h19-22,25-28H,23-24H2,1-18H3. The highest BCUT2D eigenvalue weighted by Gasteiger charge is 2.51. The number of hydrogen-bond donors (Lipinski definition) is 0. The summed E-state index contributed by atoms with van der Waals surface area (Å²) in [5.41, 5.74) is -0.224. The molecule has 0 aliphatic carbocycles. The number of Topliss-reactive ketones (excluding diaryl/α,β-unsaturated/α-hetero) is 2. The van der Waals surface area contributed by atoms with E-state index in [0.29, 0.717) is 23.4 Å². The summed E-state index contributed by atoms with van der Waals surface area (Å²) >= 11 is 0. The van der Waals surface area contributed by atoms with Gasteiger partial charge in [-0.05, 0) is 86.2 Å². The Morgan fingerprint density at radius 1 is 0.550 bits per heavy atom. The molecule has 0 N–H and O–H groups in total. The van der Waals surface area contributed by atoms with E-state index in [1.165, 1.54) is 0 Å². The smallest absolute Gasteiger partial charge is 0.148 e. The Morgan fingerprint density at radius 2 is 0.825 bits per heavy atom. The largest absolute Gasteiger partial charge is 0.298 e. The molecule has 4 unspecified atom stereocenters. The van der Waals surface area contributed by atoms with Gasteiger partial charge >= 0.3 is 0 Å². The minimum absolute atomic E-state index is 0.0323. The lowest BCUT2D eigenvalue weighted by Crippen LogP contribution is -2.49. The van der Waals surface area contributed by atoms with Crippen molar-refractivity contribution in [2.45, 2.75) is 148 Å². The number of benzene rings is 1. The van der Waals surface area contributed by atoms with E-state index in [2.05, 4.69) is 149 Å². The maximum Gasteiger partial charge on any atom is 0.148 e. The number of carbonyl (C=O) groups excluding carboxylic acids is 2. The zero-order valence-electron chi connectivity index (χ0n) is 29.8. The molecular formula is C38H66O2. The van der Waals surface area contributed by atoms with Crippen LogP contribution in [0.15, 0.2) is 24.3 Å². The van der Waals surface area contributed by atoms with Crippen molar-refractivity contribution in [3.63, 3.8) is 0 Å². The number of carbonyl (C=O) groups is 2. The van der Waals surface area contributed by atoms with Crippen LogP contribution in [0.1, 0.15) is 149 Å². The fourth-order valence-electron chi connectivity index (χ4n) is 7.56. The van der Waals surface area contributed by atoms with Crippen LogP contribution in [0.4, 0.5) is 0 Å². The van der Waals surface area contributed by atoms with Crippen molar-refractivity contribution in [3.8, 4) is 0 Å². The molecular weight excluding hydrogens is 488 g/mol. The summed E-state index contributed by atoms with van der Waals surface area (Å²) in [6.45, 7) is 39.5. The van der Waals surface area contributed by atoms with E-state index in [0.717, 1.165) is 24.0 Å². The van der Waals surface area contributed by atoms with Gasteiger partial charge in [0.05, 0.1) is 0 Å². The molecule has 4 atom stereocenters. The van der Waals surface area contributed by atoms with Gasteiger partial charge in [0.25, 0.3) is 0 Å². The topological polar surface area (TPSA) is 34.1 Å². The van der Waals surface area contributed by atoms with E-state index in [4.69, 9.17) is 0 Å². The molecule has 0 spiro atoms. The lowest BCUT2D eigenvalue weighted by molar-refractivity contribution is -0.139. The third-order valence-corrected chi connectivity index (χ3v) is 10.3. The summed E-state index contributed by atoms with van der Waals surface area (Å²) < 4.78 is 0. The minimum Gasteiger partial charge on any atom is -0.298 e. The Bertz CT molecular complexity index is 947. The first kappa shape index (κ1) is 36.6. The molecule has 1 rings (SSSR count). The van der Waals surface area contributed by atoms with Crippen molar-refractivity contribution < 1.29 is 9.59 Å². The zero-order valence-corrected chi connectivity index (χ0v) is 29.8. The number of rotatable bonds is 12. The van der Waals surface area contributed by atoms with E-state index in [1.54, 1.807) is 0 Å². The normalized spacial score (nSPS) is 18.3. The highest BCUT2D eigenvalue weighted by molar-refractivity contribution is 5.96. The second-order valence-electron chi connectivity index (χ2n) is 17.9. The third kappa shape index (κ3) is 7.89. The van der Waals surface area contributed by atoms with Crippen molar-refractivity contribution in [2.24, 2.45) is 45.3 Å². The van der Waals surface area contributed by atoms with E-state index in [-0.39, 0.29) is 22.7 Å². The molecule has 1 aromatic rings. The summed E-state index contributed by atoms with van der Waals surface area (Å²) in [5, 5.41) is 0.